The fourth-order valence-electron chi connectivity index (χ4n) is 2.15. The van der Waals surface area contributed by atoms with E-state index in [0.717, 1.165) is 18.2 Å². The third kappa shape index (κ3) is 5.69. The number of alkyl halides is 3. The Morgan fingerprint density at radius 2 is 1.81 bits per heavy atom. The zero-order chi connectivity index (χ0) is 20.1. The van der Waals surface area contributed by atoms with Crippen LogP contribution in [0.5, 0.6) is 0 Å². The Balaban J connectivity index is 2.22. The van der Waals surface area contributed by atoms with E-state index in [1.165, 1.54) is 31.4 Å². The maximum absolute atomic E-state index is 12.8. The van der Waals surface area contributed by atoms with Crippen LogP contribution in [0.15, 0.2) is 53.4 Å². The maximum Gasteiger partial charge on any atom is 0.416 e. The predicted molar refractivity (Wildman–Crippen MR) is 92.9 cm³/mol. The molecule has 146 valence electrons. The third-order valence-corrected chi connectivity index (χ3v) is 4.82. The molecule has 0 bridgehead atoms. The van der Waals surface area contributed by atoms with Gasteiger partial charge < -0.3 is 10.1 Å². The van der Waals surface area contributed by atoms with Crippen LogP contribution in [0.25, 0.3) is 0 Å². The van der Waals surface area contributed by atoms with Crippen molar-refractivity contribution in [1.82, 2.24) is 5.32 Å². The molecule has 2 aromatic rings. The van der Waals surface area contributed by atoms with Crippen LogP contribution in [0.2, 0.25) is 0 Å². The molecule has 0 saturated heterocycles. The van der Waals surface area contributed by atoms with E-state index in [9.17, 15) is 26.4 Å². The number of anilines is 1. The molecule has 6 nitrogen and oxygen atoms in total. The summed E-state index contributed by atoms with van der Waals surface area (Å²) in [6, 6.07) is 8.99. The molecule has 0 spiro atoms. The van der Waals surface area contributed by atoms with Crippen molar-refractivity contribution in [2.75, 3.05) is 25.0 Å². The highest BCUT2D eigenvalue weighted by Crippen LogP contribution is 2.31. The van der Waals surface area contributed by atoms with Gasteiger partial charge in [0.1, 0.15) is 0 Å². The third-order valence-electron chi connectivity index (χ3n) is 3.44. The molecule has 0 unspecified atom stereocenters. The first-order valence-electron chi connectivity index (χ1n) is 7.71. The van der Waals surface area contributed by atoms with Crippen LogP contribution in [-0.4, -0.2) is 34.6 Å². The van der Waals surface area contributed by atoms with E-state index in [2.05, 4.69) is 10.0 Å². The van der Waals surface area contributed by atoms with Gasteiger partial charge in [0.25, 0.3) is 15.9 Å². The van der Waals surface area contributed by atoms with Crippen LogP contribution >= 0.6 is 0 Å². The summed E-state index contributed by atoms with van der Waals surface area (Å²) in [4.78, 5) is 11.8. The molecule has 2 N–H and O–H groups in total. The Morgan fingerprint density at radius 1 is 1.11 bits per heavy atom. The molecule has 0 radical (unpaired) electrons. The molecule has 2 rings (SSSR count). The largest absolute Gasteiger partial charge is 0.416 e. The minimum atomic E-state index is -4.60. The number of rotatable bonds is 7. The van der Waals surface area contributed by atoms with Gasteiger partial charge in [-0.2, -0.15) is 13.2 Å². The Labute approximate surface area is 154 Å². The summed E-state index contributed by atoms with van der Waals surface area (Å²) in [5.41, 5.74) is -1.12. The van der Waals surface area contributed by atoms with Crippen molar-refractivity contribution in [3.8, 4) is 0 Å². The van der Waals surface area contributed by atoms with E-state index >= 15 is 0 Å². The molecule has 0 aromatic heterocycles. The first-order valence-corrected chi connectivity index (χ1v) is 9.19. The van der Waals surface area contributed by atoms with E-state index in [4.69, 9.17) is 4.74 Å². The zero-order valence-electron chi connectivity index (χ0n) is 14.2. The Kier molecular flexibility index (Phi) is 6.45. The number of nitrogens with one attached hydrogen (secondary N) is 2. The van der Waals surface area contributed by atoms with Crippen molar-refractivity contribution in [2.45, 2.75) is 11.1 Å². The van der Waals surface area contributed by atoms with Gasteiger partial charge in [-0.15, -0.1) is 0 Å². The van der Waals surface area contributed by atoms with Gasteiger partial charge in [-0.25, -0.2) is 8.42 Å². The van der Waals surface area contributed by atoms with Gasteiger partial charge in [0.05, 0.1) is 17.1 Å². The standard InChI is InChI=1S/C17H17F3N2O4S/c1-26-9-8-21-16(23)12-4-2-7-15(10-12)27(24,25)22-14-6-3-5-13(11-14)17(18,19)20/h2-7,10-11,22H,8-9H2,1H3,(H,21,23). The summed E-state index contributed by atoms with van der Waals surface area (Å²) >= 11 is 0. The van der Waals surface area contributed by atoms with Crippen LogP contribution in [-0.2, 0) is 20.9 Å². The molecular formula is C17H17F3N2O4S. The number of carbonyl (C=O) groups excluding carboxylic acids is 1. The lowest BCUT2D eigenvalue weighted by Gasteiger charge is -2.12. The van der Waals surface area contributed by atoms with Crippen LogP contribution in [0.3, 0.4) is 0 Å². The highest BCUT2D eigenvalue weighted by Gasteiger charge is 2.30. The van der Waals surface area contributed by atoms with Gasteiger partial charge in [-0.05, 0) is 36.4 Å². The number of methoxy groups -OCH3 is 1. The number of amides is 1. The normalized spacial score (nSPS) is 11.9. The second kappa shape index (κ2) is 8.40. The molecular weight excluding hydrogens is 385 g/mol. The van der Waals surface area contributed by atoms with Crippen molar-refractivity contribution < 1.29 is 31.1 Å². The second-order valence-corrected chi connectivity index (χ2v) is 7.14. The summed E-state index contributed by atoms with van der Waals surface area (Å²) in [5, 5.41) is 2.55. The molecule has 0 aliphatic heterocycles. The van der Waals surface area contributed by atoms with E-state index in [1.807, 2.05) is 0 Å². The molecule has 0 saturated carbocycles. The zero-order valence-corrected chi connectivity index (χ0v) is 15.0. The smallest absolute Gasteiger partial charge is 0.383 e. The van der Waals surface area contributed by atoms with E-state index in [0.29, 0.717) is 12.7 Å². The quantitative estimate of drug-likeness (QED) is 0.698. The Hall–Kier alpha value is -2.59. The highest BCUT2D eigenvalue weighted by molar-refractivity contribution is 7.92. The van der Waals surface area contributed by atoms with Crippen molar-refractivity contribution in [3.63, 3.8) is 0 Å². The first kappa shape index (κ1) is 20.7. The first-order chi connectivity index (χ1) is 12.6. The predicted octanol–water partition coefficient (Wildman–Crippen LogP) is 2.88. The van der Waals surface area contributed by atoms with Crippen LogP contribution in [0.4, 0.5) is 18.9 Å². The molecule has 0 heterocycles. The minimum Gasteiger partial charge on any atom is -0.383 e. The average molecular weight is 402 g/mol. The SMILES string of the molecule is COCCNC(=O)c1cccc(S(=O)(=O)Nc2cccc(C(F)(F)F)c2)c1. The van der Waals surface area contributed by atoms with Crippen LogP contribution in [0.1, 0.15) is 15.9 Å². The minimum absolute atomic E-state index is 0.0954. The molecule has 0 atom stereocenters. The summed E-state index contributed by atoms with van der Waals surface area (Å²) in [7, 11) is -2.71. The number of sulfonamides is 1. The van der Waals surface area contributed by atoms with E-state index in [-0.39, 0.29) is 22.7 Å². The number of ether oxygens (including phenoxy) is 1. The fraction of sp³-hybridized carbons (Fsp3) is 0.235. The lowest BCUT2D eigenvalue weighted by atomic mass is 10.2. The highest BCUT2D eigenvalue weighted by atomic mass is 32.2. The fourth-order valence-corrected chi connectivity index (χ4v) is 3.24. The van der Waals surface area contributed by atoms with E-state index in [1.54, 1.807) is 0 Å². The van der Waals surface area contributed by atoms with Gasteiger partial charge in [0, 0.05) is 24.9 Å². The van der Waals surface area contributed by atoms with Gasteiger partial charge in [-0.3, -0.25) is 9.52 Å². The van der Waals surface area contributed by atoms with Crippen molar-refractivity contribution in [2.24, 2.45) is 0 Å². The summed E-state index contributed by atoms with van der Waals surface area (Å²) in [5.74, 6) is -0.497. The average Bonchev–Trinajstić information content (AvgIpc) is 2.61. The monoisotopic (exact) mass is 402 g/mol. The summed E-state index contributed by atoms with van der Waals surface area (Å²) in [6.45, 7) is 0.537. The molecule has 27 heavy (non-hydrogen) atoms. The number of hydrogen-bond donors (Lipinski definition) is 2. The van der Waals surface area contributed by atoms with Crippen molar-refractivity contribution in [3.05, 3.63) is 59.7 Å². The van der Waals surface area contributed by atoms with Crippen molar-refractivity contribution >= 4 is 21.6 Å². The molecule has 0 aliphatic carbocycles. The summed E-state index contributed by atoms with van der Waals surface area (Å²) in [6.07, 6.45) is -4.60. The van der Waals surface area contributed by atoms with E-state index < -0.39 is 27.7 Å². The molecule has 2 aromatic carbocycles. The van der Waals surface area contributed by atoms with Gasteiger partial charge in [-0.1, -0.05) is 12.1 Å². The van der Waals surface area contributed by atoms with Crippen LogP contribution < -0.4 is 10.0 Å². The molecule has 0 aliphatic rings. The van der Waals surface area contributed by atoms with Gasteiger partial charge in [0.15, 0.2) is 0 Å². The lowest BCUT2D eigenvalue weighted by Crippen LogP contribution is -2.27. The lowest BCUT2D eigenvalue weighted by molar-refractivity contribution is -0.137. The Bertz CT molecular complexity index is 914. The number of benzene rings is 2. The maximum atomic E-state index is 12.8. The number of hydrogen-bond acceptors (Lipinski definition) is 4. The van der Waals surface area contributed by atoms with Crippen molar-refractivity contribution in [1.29, 1.82) is 0 Å². The molecule has 0 fully saturated rings. The van der Waals surface area contributed by atoms with Crippen LogP contribution in [0, 0.1) is 0 Å². The molecule has 1 amide bonds. The topological polar surface area (TPSA) is 84.5 Å². The van der Waals surface area contributed by atoms with Gasteiger partial charge in [0.2, 0.25) is 0 Å². The number of halogens is 3. The summed E-state index contributed by atoms with van der Waals surface area (Å²) < 4.78 is 70.1. The van der Waals surface area contributed by atoms with Gasteiger partial charge >= 0.3 is 6.18 Å². The Morgan fingerprint density at radius 3 is 2.48 bits per heavy atom. The second-order valence-electron chi connectivity index (χ2n) is 5.46. The molecule has 10 heteroatoms. The number of carbonyl (C=O) groups is 1.